The smallest absolute Gasteiger partial charge is 0.132 e. The van der Waals surface area contributed by atoms with Crippen molar-refractivity contribution in [3.05, 3.63) is 17.7 Å². The molecule has 1 heterocycles. The van der Waals surface area contributed by atoms with Crippen LogP contribution in [-0.4, -0.2) is 64.1 Å². The Labute approximate surface area is 125 Å². The number of hydrogen-bond donors (Lipinski definition) is 2. The van der Waals surface area contributed by atoms with Crippen molar-refractivity contribution in [1.29, 1.82) is 0 Å². The number of benzene rings is 1. The topological polar surface area (TPSA) is 63.2 Å². The summed E-state index contributed by atoms with van der Waals surface area (Å²) in [6, 6.07) is 3.53. The molecular weight excluding hydrogens is 272 g/mol. The second-order valence-corrected chi connectivity index (χ2v) is 5.01. The van der Waals surface area contributed by atoms with E-state index in [9.17, 15) is 5.11 Å². The second-order valence-electron chi connectivity index (χ2n) is 5.01. The van der Waals surface area contributed by atoms with E-state index in [1.54, 1.807) is 33.5 Å². The number of aliphatic hydroxyl groups is 1. The van der Waals surface area contributed by atoms with E-state index in [0.717, 1.165) is 26.2 Å². The van der Waals surface area contributed by atoms with Crippen LogP contribution in [0, 0.1) is 0 Å². The van der Waals surface area contributed by atoms with Gasteiger partial charge in [0.2, 0.25) is 0 Å². The molecule has 1 atom stereocenters. The van der Waals surface area contributed by atoms with Crippen molar-refractivity contribution in [2.75, 3.05) is 54.1 Å². The summed E-state index contributed by atoms with van der Waals surface area (Å²) in [4.78, 5) is 2.23. The molecule has 1 aromatic rings. The van der Waals surface area contributed by atoms with E-state index in [2.05, 4.69) is 10.2 Å². The van der Waals surface area contributed by atoms with Crippen LogP contribution in [-0.2, 0) is 0 Å². The molecule has 2 N–H and O–H groups in total. The van der Waals surface area contributed by atoms with Crippen molar-refractivity contribution in [3.63, 3.8) is 0 Å². The first-order valence-corrected chi connectivity index (χ1v) is 7.10. The number of methoxy groups -OCH3 is 3. The molecule has 2 rings (SSSR count). The molecule has 0 aliphatic carbocycles. The third-order valence-corrected chi connectivity index (χ3v) is 3.73. The van der Waals surface area contributed by atoms with Gasteiger partial charge in [-0.15, -0.1) is 0 Å². The summed E-state index contributed by atoms with van der Waals surface area (Å²) in [7, 11) is 4.75. The van der Waals surface area contributed by atoms with E-state index in [1.807, 2.05) is 0 Å². The Kier molecular flexibility index (Phi) is 5.67. The zero-order valence-corrected chi connectivity index (χ0v) is 12.9. The Morgan fingerprint density at radius 2 is 1.67 bits per heavy atom. The third-order valence-electron chi connectivity index (χ3n) is 3.73. The van der Waals surface area contributed by atoms with Crippen LogP contribution in [0.15, 0.2) is 12.1 Å². The summed E-state index contributed by atoms with van der Waals surface area (Å²) in [5, 5.41) is 13.9. The number of piperazine rings is 1. The van der Waals surface area contributed by atoms with Gasteiger partial charge in [0.1, 0.15) is 17.2 Å². The van der Waals surface area contributed by atoms with Crippen molar-refractivity contribution in [1.82, 2.24) is 10.2 Å². The molecule has 1 aliphatic heterocycles. The number of aliphatic hydroxyl groups excluding tert-OH is 1. The van der Waals surface area contributed by atoms with Gasteiger partial charge in [-0.05, 0) is 0 Å². The Morgan fingerprint density at radius 3 is 2.14 bits per heavy atom. The summed E-state index contributed by atoms with van der Waals surface area (Å²) < 4.78 is 16.0. The summed E-state index contributed by atoms with van der Waals surface area (Å²) in [5.74, 6) is 1.80. The van der Waals surface area contributed by atoms with E-state index in [4.69, 9.17) is 14.2 Å². The first-order chi connectivity index (χ1) is 10.2. The van der Waals surface area contributed by atoms with E-state index in [-0.39, 0.29) is 0 Å². The number of rotatable bonds is 6. The normalized spacial score (nSPS) is 17.3. The van der Waals surface area contributed by atoms with Gasteiger partial charge in [0, 0.05) is 44.9 Å². The molecule has 0 aromatic heterocycles. The molecular formula is C15H24N2O4. The zero-order valence-electron chi connectivity index (χ0n) is 12.9. The molecule has 1 aromatic carbocycles. The number of hydrogen-bond acceptors (Lipinski definition) is 6. The molecule has 118 valence electrons. The molecule has 0 saturated carbocycles. The van der Waals surface area contributed by atoms with Crippen LogP contribution in [0.4, 0.5) is 0 Å². The highest BCUT2D eigenvalue weighted by Gasteiger charge is 2.23. The fourth-order valence-corrected chi connectivity index (χ4v) is 2.59. The van der Waals surface area contributed by atoms with Crippen LogP contribution < -0.4 is 19.5 Å². The van der Waals surface area contributed by atoms with Gasteiger partial charge in [0.05, 0.1) is 33.0 Å². The lowest BCUT2D eigenvalue weighted by Gasteiger charge is -2.30. The quantitative estimate of drug-likeness (QED) is 0.804. The number of ether oxygens (including phenoxy) is 3. The maximum Gasteiger partial charge on any atom is 0.132 e. The summed E-state index contributed by atoms with van der Waals surface area (Å²) >= 11 is 0. The first kappa shape index (κ1) is 15.9. The second kappa shape index (κ2) is 7.49. The van der Waals surface area contributed by atoms with Crippen molar-refractivity contribution < 1.29 is 19.3 Å². The van der Waals surface area contributed by atoms with Crippen LogP contribution in [0.5, 0.6) is 17.2 Å². The minimum absolute atomic E-state index is 0.556. The van der Waals surface area contributed by atoms with Crippen LogP contribution >= 0.6 is 0 Å². The van der Waals surface area contributed by atoms with Crippen molar-refractivity contribution in [2.24, 2.45) is 0 Å². The summed E-state index contributed by atoms with van der Waals surface area (Å²) in [6.45, 7) is 4.31. The Hall–Kier alpha value is -1.50. The molecule has 0 spiro atoms. The molecule has 6 nitrogen and oxygen atoms in total. The van der Waals surface area contributed by atoms with Gasteiger partial charge in [0.25, 0.3) is 0 Å². The third kappa shape index (κ3) is 3.78. The minimum Gasteiger partial charge on any atom is -0.496 e. The maximum absolute atomic E-state index is 10.6. The van der Waals surface area contributed by atoms with Crippen molar-refractivity contribution in [2.45, 2.75) is 6.10 Å². The molecule has 6 heteroatoms. The Morgan fingerprint density at radius 1 is 1.10 bits per heavy atom. The molecule has 0 amide bonds. The zero-order chi connectivity index (χ0) is 15.2. The van der Waals surface area contributed by atoms with Gasteiger partial charge in [-0.1, -0.05) is 0 Å². The SMILES string of the molecule is COc1cc(OC)c(C(O)CN2CCNCC2)c(OC)c1. The monoisotopic (exact) mass is 296 g/mol. The highest BCUT2D eigenvalue weighted by Crippen LogP contribution is 2.38. The van der Waals surface area contributed by atoms with Crippen molar-refractivity contribution in [3.8, 4) is 17.2 Å². The standard InChI is InChI=1S/C15H24N2O4/c1-19-11-8-13(20-2)15(14(9-11)21-3)12(18)10-17-6-4-16-5-7-17/h8-9,12,16,18H,4-7,10H2,1-3H3. The maximum atomic E-state index is 10.6. The van der Waals surface area contributed by atoms with Crippen molar-refractivity contribution >= 4 is 0 Å². The van der Waals surface area contributed by atoms with Gasteiger partial charge in [-0.3, -0.25) is 4.90 Å². The first-order valence-electron chi connectivity index (χ1n) is 7.10. The minimum atomic E-state index is -0.668. The van der Waals surface area contributed by atoms with E-state index >= 15 is 0 Å². The molecule has 1 aliphatic rings. The largest absolute Gasteiger partial charge is 0.496 e. The molecule has 1 unspecified atom stereocenters. The number of β-amino-alcohol motifs (C(OH)–C–C–N with tert-alkyl or cyclic N) is 1. The van der Waals surface area contributed by atoms with Gasteiger partial charge in [-0.25, -0.2) is 0 Å². The highest BCUT2D eigenvalue weighted by atomic mass is 16.5. The van der Waals surface area contributed by atoms with Crippen LogP contribution in [0.3, 0.4) is 0 Å². The Balaban J connectivity index is 2.23. The number of nitrogens with one attached hydrogen (secondary N) is 1. The summed E-state index contributed by atoms with van der Waals surface area (Å²) in [6.07, 6.45) is -0.668. The molecule has 1 fully saturated rings. The van der Waals surface area contributed by atoms with Crippen LogP contribution in [0.25, 0.3) is 0 Å². The van der Waals surface area contributed by atoms with E-state index in [1.165, 1.54) is 0 Å². The number of nitrogens with zero attached hydrogens (tertiary/aromatic N) is 1. The average molecular weight is 296 g/mol. The van der Waals surface area contributed by atoms with E-state index in [0.29, 0.717) is 29.4 Å². The van der Waals surface area contributed by atoms with Gasteiger partial charge in [-0.2, -0.15) is 0 Å². The van der Waals surface area contributed by atoms with Crippen LogP contribution in [0.2, 0.25) is 0 Å². The predicted octanol–water partition coefficient (Wildman–Crippen LogP) is 0.651. The average Bonchev–Trinajstić information content (AvgIpc) is 2.54. The fraction of sp³-hybridized carbons (Fsp3) is 0.600. The highest BCUT2D eigenvalue weighted by molar-refractivity contribution is 5.52. The molecule has 21 heavy (non-hydrogen) atoms. The fourth-order valence-electron chi connectivity index (χ4n) is 2.59. The van der Waals surface area contributed by atoms with E-state index < -0.39 is 6.10 Å². The lowest BCUT2D eigenvalue weighted by molar-refractivity contribution is 0.101. The van der Waals surface area contributed by atoms with Gasteiger partial charge < -0.3 is 24.6 Å². The lowest BCUT2D eigenvalue weighted by Crippen LogP contribution is -2.45. The predicted molar refractivity (Wildman–Crippen MR) is 80.4 cm³/mol. The lowest BCUT2D eigenvalue weighted by atomic mass is 10.1. The van der Waals surface area contributed by atoms with Gasteiger partial charge in [0.15, 0.2) is 0 Å². The van der Waals surface area contributed by atoms with Crippen LogP contribution in [0.1, 0.15) is 11.7 Å². The van der Waals surface area contributed by atoms with Gasteiger partial charge >= 0.3 is 0 Å². The molecule has 1 saturated heterocycles. The summed E-state index contributed by atoms with van der Waals surface area (Å²) in [5.41, 5.74) is 0.666. The molecule has 0 radical (unpaired) electrons. The molecule has 0 bridgehead atoms. The Bertz CT molecular complexity index is 436.